The monoisotopic (exact) mass is 343 g/mol. The summed E-state index contributed by atoms with van der Waals surface area (Å²) in [6, 6.07) is 7.44. The van der Waals surface area contributed by atoms with E-state index in [1.165, 1.54) is 0 Å². The first kappa shape index (κ1) is 15.3. The van der Waals surface area contributed by atoms with Crippen molar-refractivity contribution in [2.24, 2.45) is 0 Å². The third-order valence-electron chi connectivity index (χ3n) is 4.23. The van der Waals surface area contributed by atoms with Crippen LogP contribution < -0.4 is 5.32 Å². The van der Waals surface area contributed by atoms with Gasteiger partial charge < -0.3 is 20.3 Å². The van der Waals surface area contributed by atoms with Crippen LogP contribution in [0, 0.1) is 6.92 Å². The molecule has 0 saturated carbocycles. The van der Waals surface area contributed by atoms with Crippen LogP contribution in [-0.4, -0.2) is 45.8 Å². The summed E-state index contributed by atoms with van der Waals surface area (Å²) in [6.07, 6.45) is -0.545. The van der Waals surface area contributed by atoms with Gasteiger partial charge in [-0.2, -0.15) is 0 Å². The first-order valence-corrected chi connectivity index (χ1v) is 8.57. The van der Waals surface area contributed by atoms with E-state index in [9.17, 15) is 10.2 Å². The van der Waals surface area contributed by atoms with Gasteiger partial charge >= 0.3 is 0 Å². The van der Waals surface area contributed by atoms with E-state index in [4.69, 9.17) is 4.74 Å². The molecule has 24 heavy (non-hydrogen) atoms. The van der Waals surface area contributed by atoms with Crippen molar-refractivity contribution in [3.05, 3.63) is 35.2 Å². The Morgan fingerprint density at radius 2 is 2.12 bits per heavy atom. The Morgan fingerprint density at radius 3 is 2.88 bits per heavy atom. The van der Waals surface area contributed by atoms with Crippen molar-refractivity contribution >= 4 is 27.2 Å². The molecular formula is C17H17N3O3S. The normalized spacial score (nSPS) is 20.6. The van der Waals surface area contributed by atoms with Gasteiger partial charge in [-0.05, 0) is 42.1 Å². The molecule has 2 atom stereocenters. The maximum atomic E-state index is 10.5. The lowest BCUT2D eigenvalue weighted by Gasteiger charge is -2.16. The van der Waals surface area contributed by atoms with E-state index >= 15 is 0 Å². The second-order valence-electron chi connectivity index (χ2n) is 5.91. The van der Waals surface area contributed by atoms with Gasteiger partial charge in [0.2, 0.25) is 0 Å². The molecule has 0 unspecified atom stereocenters. The van der Waals surface area contributed by atoms with Gasteiger partial charge in [-0.3, -0.25) is 0 Å². The summed E-state index contributed by atoms with van der Waals surface area (Å²) in [6.45, 7) is 2.70. The standard InChI is InChI=1S/C17H17N3O3S/c1-9-6-15(18-12-7-23-8-13(12)21)19-20-16(9)11-2-3-14-10(17(11)22)4-5-24-14/h2-6,12-13,21-22H,7-8H2,1H3,(H,18,19)/t12-,13+/m0/s1. The zero-order valence-electron chi connectivity index (χ0n) is 13.1. The molecular weight excluding hydrogens is 326 g/mol. The predicted molar refractivity (Wildman–Crippen MR) is 93.5 cm³/mol. The van der Waals surface area contributed by atoms with E-state index in [2.05, 4.69) is 15.5 Å². The van der Waals surface area contributed by atoms with Crippen LogP contribution in [0.1, 0.15) is 5.56 Å². The summed E-state index contributed by atoms with van der Waals surface area (Å²) in [5, 5.41) is 34.7. The van der Waals surface area contributed by atoms with Crippen LogP contribution in [0.4, 0.5) is 5.82 Å². The maximum Gasteiger partial charge on any atom is 0.149 e. The van der Waals surface area contributed by atoms with Gasteiger partial charge in [0.25, 0.3) is 0 Å². The molecule has 1 saturated heterocycles. The molecule has 4 rings (SSSR count). The van der Waals surface area contributed by atoms with Gasteiger partial charge in [-0.25, -0.2) is 0 Å². The molecule has 0 spiro atoms. The average Bonchev–Trinajstić information content (AvgIpc) is 3.19. The molecule has 7 heteroatoms. The molecule has 0 bridgehead atoms. The predicted octanol–water partition coefficient (Wildman–Crippen LogP) is 2.54. The van der Waals surface area contributed by atoms with Crippen molar-refractivity contribution in [3.63, 3.8) is 0 Å². The highest BCUT2D eigenvalue weighted by atomic mass is 32.1. The zero-order valence-corrected chi connectivity index (χ0v) is 13.9. The van der Waals surface area contributed by atoms with Crippen LogP contribution in [0.5, 0.6) is 5.75 Å². The first-order valence-electron chi connectivity index (χ1n) is 7.69. The average molecular weight is 343 g/mol. The van der Waals surface area contributed by atoms with Crippen LogP contribution in [0.15, 0.2) is 29.6 Å². The molecule has 2 aromatic heterocycles. The molecule has 3 heterocycles. The SMILES string of the molecule is Cc1cc(N[C@H]2COC[C@H]2O)nnc1-c1ccc2sccc2c1O. The number of rotatable bonds is 3. The van der Waals surface area contributed by atoms with Gasteiger partial charge in [-0.1, -0.05) is 0 Å². The number of aromatic nitrogens is 2. The summed E-state index contributed by atoms with van der Waals surface area (Å²) in [4.78, 5) is 0. The van der Waals surface area contributed by atoms with E-state index in [1.54, 1.807) is 11.3 Å². The molecule has 1 aromatic carbocycles. The fourth-order valence-electron chi connectivity index (χ4n) is 2.91. The van der Waals surface area contributed by atoms with Crippen LogP contribution >= 0.6 is 11.3 Å². The van der Waals surface area contributed by atoms with Crippen molar-refractivity contribution in [3.8, 4) is 17.0 Å². The summed E-state index contributed by atoms with van der Waals surface area (Å²) in [7, 11) is 0. The molecule has 0 amide bonds. The number of aliphatic hydroxyl groups is 1. The molecule has 1 aliphatic heterocycles. The number of anilines is 1. The van der Waals surface area contributed by atoms with Crippen LogP contribution in [0.3, 0.4) is 0 Å². The number of aryl methyl sites for hydroxylation is 1. The maximum absolute atomic E-state index is 10.5. The lowest BCUT2D eigenvalue weighted by Crippen LogP contribution is -2.32. The largest absolute Gasteiger partial charge is 0.507 e. The van der Waals surface area contributed by atoms with Crippen molar-refractivity contribution in [2.75, 3.05) is 18.5 Å². The minimum Gasteiger partial charge on any atom is -0.507 e. The number of ether oxygens (including phenoxy) is 1. The zero-order chi connectivity index (χ0) is 16.7. The number of hydrogen-bond acceptors (Lipinski definition) is 7. The number of nitrogens with one attached hydrogen (secondary N) is 1. The molecule has 124 valence electrons. The summed E-state index contributed by atoms with van der Waals surface area (Å²) in [5.41, 5.74) is 2.21. The second kappa shape index (κ2) is 6.01. The van der Waals surface area contributed by atoms with Crippen molar-refractivity contribution in [1.29, 1.82) is 0 Å². The third kappa shape index (κ3) is 2.60. The third-order valence-corrected chi connectivity index (χ3v) is 5.11. The molecule has 3 N–H and O–H groups in total. The van der Waals surface area contributed by atoms with E-state index in [1.807, 2.05) is 36.6 Å². The Morgan fingerprint density at radius 1 is 1.25 bits per heavy atom. The Labute approximate surface area is 142 Å². The lowest BCUT2D eigenvalue weighted by atomic mass is 10.0. The Kier molecular flexibility index (Phi) is 3.84. The van der Waals surface area contributed by atoms with Crippen molar-refractivity contribution in [2.45, 2.75) is 19.1 Å². The lowest BCUT2D eigenvalue weighted by molar-refractivity contribution is 0.125. The molecule has 0 radical (unpaired) electrons. The van der Waals surface area contributed by atoms with Crippen molar-refractivity contribution in [1.82, 2.24) is 10.2 Å². The van der Waals surface area contributed by atoms with Crippen LogP contribution in [-0.2, 0) is 4.74 Å². The number of nitrogens with zero attached hydrogens (tertiary/aromatic N) is 2. The highest BCUT2D eigenvalue weighted by Gasteiger charge is 2.26. The van der Waals surface area contributed by atoms with E-state index in [0.29, 0.717) is 30.3 Å². The molecule has 6 nitrogen and oxygen atoms in total. The van der Waals surface area contributed by atoms with Crippen molar-refractivity contribution < 1.29 is 14.9 Å². The van der Waals surface area contributed by atoms with E-state index in [0.717, 1.165) is 15.6 Å². The minimum atomic E-state index is -0.545. The minimum absolute atomic E-state index is 0.180. The summed E-state index contributed by atoms with van der Waals surface area (Å²) >= 11 is 1.59. The number of hydrogen-bond donors (Lipinski definition) is 3. The second-order valence-corrected chi connectivity index (χ2v) is 6.86. The molecule has 3 aromatic rings. The van der Waals surface area contributed by atoms with Crippen LogP contribution in [0.2, 0.25) is 0 Å². The fourth-order valence-corrected chi connectivity index (χ4v) is 3.70. The van der Waals surface area contributed by atoms with Gasteiger partial charge in [0.1, 0.15) is 11.6 Å². The quantitative estimate of drug-likeness (QED) is 0.677. The number of aliphatic hydroxyl groups excluding tert-OH is 1. The number of benzene rings is 1. The summed E-state index contributed by atoms with van der Waals surface area (Å²) < 4.78 is 6.26. The highest BCUT2D eigenvalue weighted by Crippen LogP contribution is 2.38. The number of fused-ring (bicyclic) bond motifs is 1. The number of phenols is 1. The topological polar surface area (TPSA) is 87.5 Å². The smallest absolute Gasteiger partial charge is 0.149 e. The van der Waals surface area contributed by atoms with E-state index < -0.39 is 6.10 Å². The number of thiophene rings is 1. The highest BCUT2D eigenvalue weighted by molar-refractivity contribution is 7.17. The fraction of sp³-hybridized carbons (Fsp3) is 0.294. The Hall–Kier alpha value is -2.22. The van der Waals surface area contributed by atoms with Gasteiger partial charge in [0.05, 0.1) is 31.1 Å². The molecule has 0 aliphatic carbocycles. The van der Waals surface area contributed by atoms with Gasteiger partial charge in [0.15, 0.2) is 0 Å². The summed E-state index contributed by atoms with van der Waals surface area (Å²) in [5.74, 6) is 0.813. The number of aromatic hydroxyl groups is 1. The molecule has 1 aliphatic rings. The van der Waals surface area contributed by atoms with E-state index in [-0.39, 0.29) is 11.8 Å². The first-order chi connectivity index (χ1) is 11.6. The Balaban J connectivity index is 1.67. The Bertz CT molecular complexity index is 896. The number of phenolic OH excluding ortho intramolecular Hbond substituents is 1. The van der Waals surface area contributed by atoms with Crippen LogP contribution in [0.25, 0.3) is 21.3 Å². The molecule has 1 fully saturated rings. The van der Waals surface area contributed by atoms with Gasteiger partial charge in [-0.15, -0.1) is 21.5 Å². The van der Waals surface area contributed by atoms with Gasteiger partial charge in [0, 0.05) is 15.6 Å².